The van der Waals surface area contributed by atoms with Gasteiger partial charge < -0.3 is 10.1 Å². The number of methoxy groups -OCH3 is 1. The molecule has 0 fully saturated rings. The lowest BCUT2D eigenvalue weighted by atomic mass is 10.2. The number of hydrogen-bond donors (Lipinski definition) is 1. The largest absolute Gasteiger partial charge is 0.383 e. The summed E-state index contributed by atoms with van der Waals surface area (Å²) in [5.41, 5.74) is 2.14. The summed E-state index contributed by atoms with van der Waals surface area (Å²) in [4.78, 5) is 0. The minimum atomic E-state index is 0.711. The van der Waals surface area contributed by atoms with Gasteiger partial charge in [0.2, 0.25) is 0 Å². The zero-order valence-corrected chi connectivity index (χ0v) is 12.4. The number of aryl methyl sites for hydroxylation is 1. The Hall–Kier alpha value is -1.36. The predicted molar refractivity (Wildman–Crippen MR) is 81.6 cm³/mol. The van der Waals surface area contributed by atoms with Crippen molar-refractivity contribution >= 4 is 11.6 Å². The highest BCUT2D eigenvalue weighted by atomic mass is 35.5. The Morgan fingerprint density at radius 3 is 2.95 bits per heavy atom. The first-order valence-corrected chi connectivity index (χ1v) is 7.17. The fourth-order valence-electron chi connectivity index (χ4n) is 1.98. The van der Waals surface area contributed by atoms with Gasteiger partial charge in [0.15, 0.2) is 0 Å². The Bertz CT molecular complexity index is 527. The number of aromatic nitrogens is 2. The van der Waals surface area contributed by atoms with Gasteiger partial charge in [0.1, 0.15) is 0 Å². The third kappa shape index (κ3) is 4.34. The lowest BCUT2D eigenvalue weighted by Gasteiger charge is -2.03. The molecule has 0 saturated carbocycles. The van der Waals surface area contributed by atoms with Gasteiger partial charge in [0.25, 0.3) is 0 Å². The lowest BCUT2D eigenvalue weighted by Crippen LogP contribution is -2.20. The summed E-state index contributed by atoms with van der Waals surface area (Å²) in [6.07, 6.45) is 6.03. The summed E-state index contributed by atoms with van der Waals surface area (Å²) in [7, 11) is 1.71. The third-order valence-electron chi connectivity index (χ3n) is 3.04. The number of hydrogen-bond acceptors (Lipinski definition) is 3. The zero-order chi connectivity index (χ0) is 14.2. The maximum atomic E-state index is 6.16. The summed E-state index contributed by atoms with van der Waals surface area (Å²) in [5.74, 6) is 0. The molecule has 1 N–H and O–H groups in total. The minimum Gasteiger partial charge on any atom is -0.383 e. The van der Waals surface area contributed by atoms with E-state index in [2.05, 4.69) is 10.4 Å². The van der Waals surface area contributed by atoms with Crippen LogP contribution in [-0.4, -0.2) is 36.6 Å². The first-order chi connectivity index (χ1) is 9.81. The van der Waals surface area contributed by atoms with Crippen molar-refractivity contribution in [2.75, 3.05) is 26.8 Å². The van der Waals surface area contributed by atoms with E-state index in [4.69, 9.17) is 16.3 Å². The molecule has 2 aromatic rings. The number of rotatable bonds is 8. The van der Waals surface area contributed by atoms with E-state index in [1.165, 1.54) is 5.56 Å². The van der Waals surface area contributed by atoms with Crippen molar-refractivity contribution in [3.8, 4) is 5.69 Å². The fraction of sp³-hybridized carbons (Fsp3) is 0.400. The van der Waals surface area contributed by atoms with Crippen molar-refractivity contribution in [1.29, 1.82) is 0 Å². The maximum absolute atomic E-state index is 6.16. The van der Waals surface area contributed by atoms with Crippen LogP contribution < -0.4 is 5.32 Å². The second-order valence-corrected chi connectivity index (χ2v) is 5.00. The monoisotopic (exact) mass is 293 g/mol. The molecule has 0 unspecified atom stereocenters. The van der Waals surface area contributed by atoms with Crippen molar-refractivity contribution < 1.29 is 4.74 Å². The molecule has 0 spiro atoms. The van der Waals surface area contributed by atoms with Gasteiger partial charge in [-0.2, -0.15) is 5.10 Å². The molecule has 1 aromatic carbocycles. The SMILES string of the molecule is COCCNCCCc1cnn(-c2ccccc2Cl)c1. The van der Waals surface area contributed by atoms with E-state index < -0.39 is 0 Å². The molecule has 4 nitrogen and oxygen atoms in total. The molecule has 0 saturated heterocycles. The van der Waals surface area contributed by atoms with Crippen LogP contribution in [0.1, 0.15) is 12.0 Å². The number of nitrogens with zero attached hydrogens (tertiary/aromatic N) is 2. The van der Waals surface area contributed by atoms with Crippen LogP contribution in [0.3, 0.4) is 0 Å². The Morgan fingerprint density at radius 1 is 1.30 bits per heavy atom. The summed E-state index contributed by atoms with van der Waals surface area (Å²) in [5, 5.41) is 8.41. The summed E-state index contributed by atoms with van der Waals surface area (Å²) in [6.45, 7) is 2.64. The molecule has 0 bridgehead atoms. The predicted octanol–water partition coefficient (Wildman–Crippen LogP) is 2.69. The molecule has 0 aliphatic carbocycles. The second kappa shape index (κ2) is 8.04. The Labute approximate surface area is 124 Å². The number of nitrogens with one attached hydrogen (secondary N) is 1. The van der Waals surface area contributed by atoms with Gasteiger partial charge in [-0.3, -0.25) is 0 Å². The molecule has 0 aliphatic heterocycles. The Kier molecular flexibility index (Phi) is 6.05. The van der Waals surface area contributed by atoms with Gasteiger partial charge in [-0.25, -0.2) is 4.68 Å². The third-order valence-corrected chi connectivity index (χ3v) is 3.36. The average Bonchev–Trinajstić information content (AvgIpc) is 2.92. The average molecular weight is 294 g/mol. The number of halogens is 1. The van der Waals surface area contributed by atoms with Crippen molar-refractivity contribution in [3.05, 3.63) is 47.2 Å². The summed E-state index contributed by atoms with van der Waals surface area (Å²) < 4.78 is 6.81. The maximum Gasteiger partial charge on any atom is 0.0831 e. The highest BCUT2D eigenvalue weighted by molar-refractivity contribution is 6.32. The van der Waals surface area contributed by atoms with E-state index in [0.717, 1.165) is 38.2 Å². The van der Waals surface area contributed by atoms with Gasteiger partial charge >= 0.3 is 0 Å². The quantitative estimate of drug-likeness (QED) is 0.761. The number of para-hydroxylation sites is 1. The van der Waals surface area contributed by atoms with Gasteiger partial charge in [-0.05, 0) is 37.1 Å². The summed E-state index contributed by atoms with van der Waals surface area (Å²) in [6, 6.07) is 7.72. The van der Waals surface area contributed by atoms with Crippen LogP contribution in [0.4, 0.5) is 0 Å². The van der Waals surface area contributed by atoms with E-state index in [9.17, 15) is 0 Å². The first kappa shape index (κ1) is 15.0. The molecule has 1 aromatic heterocycles. The van der Waals surface area contributed by atoms with Crippen molar-refractivity contribution in [1.82, 2.24) is 15.1 Å². The molecule has 5 heteroatoms. The van der Waals surface area contributed by atoms with Crippen molar-refractivity contribution in [2.45, 2.75) is 12.8 Å². The second-order valence-electron chi connectivity index (χ2n) is 4.59. The standard InChI is InChI=1S/C15H20ClN3O/c1-20-10-9-17-8-4-5-13-11-18-19(12-13)15-7-3-2-6-14(15)16/h2-3,6-7,11-12,17H,4-5,8-10H2,1H3. The van der Waals surface area contributed by atoms with Crippen LogP contribution in [0.5, 0.6) is 0 Å². The molecule has 0 atom stereocenters. The molecular formula is C15H20ClN3O. The van der Waals surface area contributed by atoms with Crippen LogP contribution in [0.15, 0.2) is 36.7 Å². The van der Waals surface area contributed by atoms with Crippen LogP contribution >= 0.6 is 11.6 Å². The van der Waals surface area contributed by atoms with Gasteiger partial charge in [-0.15, -0.1) is 0 Å². The van der Waals surface area contributed by atoms with E-state index in [-0.39, 0.29) is 0 Å². The van der Waals surface area contributed by atoms with E-state index in [1.807, 2.05) is 41.3 Å². The molecular weight excluding hydrogens is 274 g/mol. The molecule has 2 rings (SSSR count). The van der Waals surface area contributed by atoms with Crippen LogP contribution in [-0.2, 0) is 11.2 Å². The van der Waals surface area contributed by atoms with Crippen molar-refractivity contribution in [2.24, 2.45) is 0 Å². The van der Waals surface area contributed by atoms with Gasteiger partial charge in [0.05, 0.1) is 23.5 Å². The van der Waals surface area contributed by atoms with Gasteiger partial charge in [-0.1, -0.05) is 23.7 Å². The Morgan fingerprint density at radius 2 is 2.15 bits per heavy atom. The smallest absolute Gasteiger partial charge is 0.0831 e. The zero-order valence-electron chi connectivity index (χ0n) is 11.7. The highest BCUT2D eigenvalue weighted by Gasteiger charge is 2.04. The number of ether oxygens (including phenoxy) is 1. The van der Waals surface area contributed by atoms with Crippen molar-refractivity contribution in [3.63, 3.8) is 0 Å². The lowest BCUT2D eigenvalue weighted by molar-refractivity contribution is 0.199. The van der Waals surface area contributed by atoms with Gasteiger partial charge in [0, 0.05) is 19.9 Å². The molecule has 0 aliphatic rings. The molecule has 0 amide bonds. The molecule has 1 heterocycles. The highest BCUT2D eigenvalue weighted by Crippen LogP contribution is 2.19. The van der Waals surface area contributed by atoms with Crippen LogP contribution in [0.25, 0.3) is 5.69 Å². The summed E-state index contributed by atoms with van der Waals surface area (Å²) >= 11 is 6.16. The van der Waals surface area contributed by atoms with Crippen LogP contribution in [0, 0.1) is 0 Å². The first-order valence-electron chi connectivity index (χ1n) is 6.79. The Balaban J connectivity index is 1.82. The van der Waals surface area contributed by atoms with Crippen LogP contribution in [0.2, 0.25) is 5.02 Å². The topological polar surface area (TPSA) is 39.1 Å². The fourth-order valence-corrected chi connectivity index (χ4v) is 2.20. The molecule has 20 heavy (non-hydrogen) atoms. The number of benzene rings is 1. The van der Waals surface area contributed by atoms with E-state index in [1.54, 1.807) is 7.11 Å². The molecule has 108 valence electrons. The van der Waals surface area contributed by atoms with E-state index in [0.29, 0.717) is 5.02 Å². The molecule has 0 radical (unpaired) electrons. The minimum absolute atomic E-state index is 0.711. The normalized spacial score (nSPS) is 10.9. The van der Waals surface area contributed by atoms with E-state index >= 15 is 0 Å².